The van der Waals surface area contributed by atoms with Gasteiger partial charge < -0.3 is 32.3 Å². The third kappa shape index (κ3) is 10.6. The molecule has 0 radical (unpaired) electrons. The summed E-state index contributed by atoms with van der Waals surface area (Å²) in [7, 11) is 0. The first kappa shape index (κ1) is 26.8. The first-order valence-electron chi connectivity index (χ1n) is 9.79. The highest BCUT2D eigenvalue weighted by Gasteiger charge is 2.15. The van der Waals surface area contributed by atoms with Crippen LogP contribution in [0.1, 0.15) is 34.8 Å². The Labute approximate surface area is 190 Å². The minimum Gasteiger partial charge on any atom is -0.481 e. The van der Waals surface area contributed by atoms with Crippen molar-refractivity contribution in [3.05, 3.63) is 65.2 Å². The molecule has 0 bridgehead atoms. The van der Waals surface area contributed by atoms with Crippen LogP contribution in [-0.2, 0) is 20.8 Å². The molecule has 11 heteroatoms. The molecule has 176 valence electrons. The third-order valence-electron chi connectivity index (χ3n) is 4.07. The Balaban J connectivity index is 0.00000125. The number of nitrogens with one attached hydrogen (secondary N) is 3. The van der Waals surface area contributed by atoms with Crippen LogP contribution in [0.2, 0.25) is 0 Å². The van der Waals surface area contributed by atoms with Crippen molar-refractivity contribution in [1.82, 2.24) is 5.32 Å². The summed E-state index contributed by atoms with van der Waals surface area (Å²) in [4.78, 5) is 43.9. The molecule has 0 spiro atoms. The minimum absolute atomic E-state index is 0.0120. The number of amidine groups is 1. The highest BCUT2D eigenvalue weighted by molar-refractivity contribution is 5.98. The maximum absolute atomic E-state index is 12.4. The lowest BCUT2D eigenvalue weighted by Gasteiger charge is -2.13. The Morgan fingerprint density at radius 3 is 2.18 bits per heavy atom. The summed E-state index contributed by atoms with van der Waals surface area (Å²) in [6.07, 6.45) is 0.115. The van der Waals surface area contributed by atoms with Crippen LogP contribution in [0.3, 0.4) is 0 Å². The molecule has 0 heterocycles. The molecule has 2 aromatic rings. The molecule has 0 fully saturated rings. The molecule has 2 aromatic carbocycles. The van der Waals surface area contributed by atoms with Gasteiger partial charge in [0, 0.05) is 30.3 Å². The van der Waals surface area contributed by atoms with E-state index in [0.29, 0.717) is 23.2 Å². The molecule has 0 aliphatic carbocycles. The quantitative estimate of drug-likeness (QED) is 0.211. The zero-order chi connectivity index (χ0) is 25.0. The number of aliphatic carboxylic acids is 2. The lowest BCUT2D eigenvalue weighted by molar-refractivity contribution is -0.137. The van der Waals surface area contributed by atoms with E-state index >= 15 is 0 Å². The van der Waals surface area contributed by atoms with E-state index in [9.17, 15) is 14.4 Å². The predicted molar refractivity (Wildman–Crippen MR) is 122 cm³/mol. The smallest absolute Gasteiger partial charge is 0.305 e. The van der Waals surface area contributed by atoms with Gasteiger partial charge in [-0.05, 0) is 30.2 Å². The summed E-state index contributed by atoms with van der Waals surface area (Å²) < 4.78 is 0. The molecular formula is C22H27N5O6. The van der Waals surface area contributed by atoms with Crippen molar-refractivity contribution >= 4 is 35.3 Å². The normalized spacial score (nSPS) is 10.7. The number of rotatable bonds is 9. The van der Waals surface area contributed by atoms with Gasteiger partial charge in [0.05, 0.1) is 12.5 Å². The Hall–Kier alpha value is -4.25. The summed E-state index contributed by atoms with van der Waals surface area (Å²) >= 11 is 0. The molecule has 0 aliphatic rings. The van der Waals surface area contributed by atoms with Gasteiger partial charge in [0.1, 0.15) is 5.84 Å². The molecular weight excluding hydrogens is 430 g/mol. The molecule has 1 unspecified atom stereocenters. The van der Waals surface area contributed by atoms with Gasteiger partial charge in [-0.2, -0.15) is 0 Å². The highest BCUT2D eigenvalue weighted by atomic mass is 16.4. The third-order valence-corrected chi connectivity index (χ3v) is 4.07. The van der Waals surface area contributed by atoms with Gasteiger partial charge in [0.2, 0.25) is 5.91 Å². The Bertz CT molecular complexity index is 1000. The van der Waals surface area contributed by atoms with Crippen LogP contribution < -0.4 is 22.1 Å². The van der Waals surface area contributed by atoms with Crippen molar-refractivity contribution in [2.45, 2.75) is 25.8 Å². The van der Waals surface area contributed by atoms with Crippen LogP contribution in [0.15, 0.2) is 48.5 Å². The number of hydrogen-bond donors (Lipinski definition) is 7. The van der Waals surface area contributed by atoms with Crippen molar-refractivity contribution in [1.29, 1.82) is 5.41 Å². The standard InChI is InChI=1S/C20H23N5O4.C2H4O2/c21-16(10-12-4-6-13(7-5-12)18(22)23)20(29)25-15-3-1-2-14(11-15)19(28)24-9-8-17(26)27;1-2(3)4/h1-7,11,16H,8-10,21H2,(H3,22,23)(H,24,28)(H,25,29)(H,26,27);1H3,(H,3,4). The van der Waals surface area contributed by atoms with Crippen LogP contribution in [0, 0.1) is 5.41 Å². The van der Waals surface area contributed by atoms with E-state index in [4.69, 9.17) is 31.9 Å². The van der Waals surface area contributed by atoms with E-state index in [0.717, 1.165) is 12.5 Å². The molecule has 0 saturated carbocycles. The summed E-state index contributed by atoms with van der Waals surface area (Å²) in [5, 5.41) is 28.6. The number of carboxylic acids is 2. The maximum atomic E-state index is 12.4. The fourth-order valence-corrected chi connectivity index (χ4v) is 2.53. The van der Waals surface area contributed by atoms with E-state index in [-0.39, 0.29) is 18.8 Å². The maximum Gasteiger partial charge on any atom is 0.305 e. The van der Waals surface area contributed by atoms with Gasteiger partial charge in [-0.1, -0.05) is 30.3 Å². The summed E-state index contributed by atoms with van der Waals surface area (Å²) in [6, 6.07) is 12.4. The van der Waals surface area contributed by atoms with Crippen LogP contribution in [-0.4, -0.2) is 52.4 Å². The predicted octanol–water partition coefficient (Wildman–Crippen LogP) is 0.775. The topological polar surface area (TPSA) is 209 Å². The second-order valence-electron chi connectivity index (χ2n) is 6.91. The van der Waals surface area contributed by atoms with Gasteiger partial charge in [-0.25, -0.2) is 0 Å². The monoisotopic (exact) mass is 457 g/mol. The van der Waals surface area contributed by atoms with E-state index in [2.05, 4.69) is 10.6 Å². The van der Waals surface area contributed by atoms with Crippen LogP contribution in [0.4, 0.5) is 5.69 Å². The van der Waals surface area contributed by atoms with Crippen molar-refractivity contribution in [3.8, 4) is 0 Å². The van der Waals surface area contributed by atoms with E-state index < -0.39 is 29.8 Å². The van der Waals surface area contributed by atoms with Gasteiger partial charge >= 0.3 is 5.97 Å². The number of carbonyl (C=O) groups is 4. The van der Waals surface area contributed by atoms with Crippen molar-refractivity contribution in [2.75, 3.05) is 11.9 Å². The van der Waals surface area contributed by atoms with Crippen LogP contribution >= 0.6 is 0 Å². The number of nitrogen functional groups attached to an aromatic ring is 1. The van der Waals surface area contributed by atoms with Crippen LogP contribution in [0.5, 0.6) is 0 Å². The Morgan fingerprint density at radius 2 is 1.64 bits per heavy atom. The van der Waals surface area contributed by atoms with Gasteiger partial charge in [-0.3, -0.25) is 24.6 Å². The fourth-order valence-electron chi connectivity index (χ4n) is 2.53. The van der Waals surface area contributed by atoms with E-state index in [1.807, 2.05) is 0 Å². The van der Waals surface area contributed by atoms with Crippen molar-refractivity contribution in [2.24, 2.45) is 11.5 Å². The molecule has 0 aromatic heterocycles. The molecule has 0 saturated heterocycles. The molecule has 33 heavy (non-hydrogen) atoms. The first-order valence-corrected chi connectivity index (χ1v) is 9.79. The lowest BCUT2D eigenvalue weighted by atomic mass is 10.0. The zero-order valence-electron chi connectivity index (χ0n) is 18.0. The zero-order valence-corrected chi connectivity index (χ0v) is 18.0. The van der Waals surface area contributed by atoms with E-state index in [1.54, 1.807) is 42.5 Å². The van der Waals surface area contributed by atoms with Gasteiger partial charge in [0.15, 0.2) is 0 Å². The number of amides is 2. The van der Waals surface area contributed by atoms with E-state index in [1.165, 1.54) is 6.07 Å². The minimum atomic E-state index is -1.00. The molecule has 0 aliphatic heterocycles. The van der Waals surface area contributed by atoms with Crippen molar-refractivity contribution in [3.63, 3.8) is 0 Å². The average molecular weight is 457 g/mol. The molecule has 11 nitrogen and oxygen atoms in total. The average Bonchev–Trinajstić information content (AvgIpc) is 2.73. The lowest BCUT2D eigenvalue weighted by Crippen LogP contribution is -2.37. The summed E-state index contributed by atoms with van der Waals surface area (Å²) in [5.41, 5.74) is 13.5. The number of benzene rings is 2. The number of nitrogens with two attached hydrogens (primary N) is 2. The fraction of sp³-hybridized carbons (Fsp3) is 0.227. The van der Waals surface area contributed by atoms with Gasteiger partial charge in [0.25, 0.3) is 11.9 Å². The second-order valence-corrected chi connectivity index (χ2v) is 6.91. The SMILES string of the molecule is CC(=O)O.N=C(N)c1ccc(CC(N)C(=O)Nc2cccc(C(=O)NCCC(=O)O)c2)cc1. The summed E-state index contributed by atoms with van der Waals surface area (Å²) in [6.45, 7) is 1.10. The summed E-state index contributed by atoms with van der Waals surface area (Å²) in [5.74, 6) is -2.72. The number of carbonyl (C=O) groups excluding carboxylic acids is 2. The number of hydrogen-bond acceptors (Lipinski definition) is 6. The molecule has 2 rings (SSSR count). The largest absolute Gasteiger partial charge is 0.481 e. The Morgan fingerprint density at radius 1 is 1.03 bits per heavy atom. The molecule has 9 N–H and O–H groups in total. The Kier molecular flexibility index (Phi) is 10.7. The highest BCUT2D eigenvalue weighted by Crippen LogP contribution is 2.12. The molecule has 1 atom stereocenters. The van der Waals surface area contributed by atoms with Crippen molar-refractivity contribution < 1.29 is 29.4 Å². The second kappa shape index (κ2) is 13.2. The number of carboxylic acid groups (broad SMARTS) is 2. The molecule has 2 amide bonds. The van der Waals surface area contributed by atoms with Crippen LogP contribution in [0.25, 0.3) is 0 Å². The first-order chi connectivity index (χ1) is 15.5. The van der Waals surface area contributed by atoms with Gasteiger partial charge in [-0.15, -0.1) is 0 Å². The number of anilines is 1.